The number of nitrogens with one attached hydrogen (secondary N) is 1. The molecule has 0 aromatic carbocycles. The van der Waals surface area contributed by atoms with Crippen LogP contribution in [0.1, 0.15) is 50.1 Å². The van der Waals surface area contributed by atoms with E-state index in [0.717, 1.165) is 49.4 Å². The average Bonchev–Trinajstić information content (AvgIpc) is 3.29. The monoisotopic (exact) mass is 520 g/mol. The van der Waals surface area contributed by atoms with Crippen LogP contribution in [-0.2, 0) is 16.3 Å². The van der Waals surface area contributed by atoms with Crippen molar-refractivity contribution >= 4 is 32.9 Å². The summed E-state index contributed by atoms with van der Waals surface area (Å²) in [5.74, 6) is 1.65. The quantitative estimate of drug-likeness (QED) is 0.403. The van der Waals surface area contributed by atoms with Crippen LogP contribution in [0.4, 0.5) is 17.5 Å². The largest absolute Gasteiger partial charge is 0.340 e. The van der Waals surface area contributed by atoms with Gasteiger partial charge in [-0.25, -0.2) is 33.3 Å². The zero-order valence-electron chi connectivity index (χ0n) is 21.8. The molecule has 11 heteroatoms. The summed E-state index contributed by atoms with van der Waals surface area (Å²) in [6.07, 6.45) is 12.5. The first-order chi connectivity index (χ1) is 17.6. The number of hydrogen-bond donors (Lipinski definition) is 1. The zero-order valence-corrected chi connectivity index (χ0v) is 22.6. The van der Waals surface area contributed by atoms with Crippen molar-refractivity contribution in [1.82, 2.24) is 29.3 Å². The summed E-state index contributed by atoms with van der Waals surface area (Å²) in [5, 5.41) is 3.34. The summed E-state index contributed by atoms with van der Waals surface area (Å²) in [7, 11) is -3.38. The molecule has 5 heterocycles. The van der Waals surface area contributed by atoms with Gasteiger partial charge in [0.05, 0.1) is 11.4 Å². The van der Waals surface area contributed by atoms with Crippen molar-refractivity contribution in [2.24, 2.45) is 5.41 Å². The molecule has 4 aromatic heterocycles. The second-order valence-electron chi connectivity index (χ2n) is 10.3. The Hall–Kier alpha value is -3.60. The number of fused-ring (bicyclic) bond motifs is 1. The molecule has 0 spiro atoms. The van der Waals surface area contributed by atoms with Gasteiger partial charge in [0.15, 0.2) is 26.3 Å². The Balaban J connectivity index is 1.41. The van der Waals surface area contributed by atoms with E-state index in [0.29, 0.717) is 22.8 Å². The number of imidazole rings is 1. The van der Waals surface area contributed by atoms with Crippen molar-refractivity contribution in [1.29, 1.82) is 0 Å². The van der Waals surface area contributed by atoms with Crippen molar-refractivity contribution < 1.29 is 8.42 Å². The van der Waals surface area contributed by atoms with Crippen LogP contribution in [0.3, 0.4) is 0 Å². The topological polar surface area (TPSA) is 118 Å². The summed E-state index contributed by atoms with van der Waals surface area (Å²) >= 11 is 0. The standard InChI is InChI=1S/C26H32N8O2S/c1-6-18-13-29-25(30-14-18)33-11-9-19(26(3,4)16-33)21-15-28-24-23(27-10-12-34(21)24)32-20-7-8-22(31-17(20)2)37(5,35)36/h7-8,10,12-15,19H,6,9,11,16H2,1-5H3,(H,27,32). The fourth-order valence-electron chi connectivity index (χ4n) is 5.06. The molecule has 0 radical (unpaired) electrons. The average molecular weight is 521 g/mol. The summed E-state index contributed by atoms with van der Waals surface area (Å²) < 4.78 is 25.8. The van der Waals surface area contributed by atoms with Crippen LogP contribution in [0, 0.1) is 12.3 Å². The summed E-state index contributed by atoms with van der Waals surface area (Å²) in [4.78, 5) is 24.9. The minimum Gasteiger partial charge on any atom is -0.340 e. The Morgan fingerprint density at radius 3 is 2.51 bits per heavy atom. The second kappa shape index (κ2) is 9.37. The molecular formula is C26H32N8O2S. The van der Waals surface area contributed by atoms with E-state index in [4.69, 9.17) is 4.98 Å². The lowest BCUT2D eigenvalue weighted by atomic mass is 9.72. The second-order valence-corrected chi connectivity index (χ2v) is 12.3. The van der Waals surface area contributed by atoms with E-state index in [9.17, 15) is 8.42 Å². The molecule has 1 saturated heterocycles. The number of piperidine rings is 1. The van der Waals surface area contributed by atoms with Crippen LogP contribution < -0.4 is 10.2 Å². The Morgan fingerprint density at radius 1 is 1.11 bits per heavy atom. The number of anilines is 3. The fourth-order valence-corrected chi connectivity index (χ4v) is 5.68. The van der Waals surface area contributed by atoms with E-state index in [1.54, 1.807) is 19.2 Å². The third kappa shape index (κ3) is 4.87. The molecule has 1 atom stereocenters. The highest BCUT2D eigenvalue weighted by molar-refractivity contribution is 7.90. The molecule has 10 nitrogen and oxygen atoms in total. The molecule has 0 amide bonds. The smallest absolute Gasteiger partial charge is 0.225 e. The number of nitrogens with zero attached hydrogens (tertiary/aromatic N) is 7. The number of rotatable bonds is 6. The molecule has 4 aromatic rings. The number of hydrogen-bond acceptors (Lipinski definition) is 9. The SMILES string of the molecule is CCc1cnc(N2CCC(c3cnc4c(Nc5ccc(S(C)(=O)=O)nc5C)nccn34)C(C)(C)C2)nc1. The highest BCUT2D eigenvalue weighted by Crippen LogP contribution is 2.43. The van der Waals surface area contributed by atoms with Crippen LogP contribution >= 0.6 is 0 Å². The minimum atomic E-state index is -3.38. The van der Waals surface area contributed by atoms with Crippen molar-refractivity contribution in [2.45, 2.75) is 51.5 Å². The molecule has 1 unspecified atom stereocenters. The first kappa shape index (κ1) is 25.1. The first-order valence-electron chi connectivity index (χ1n) is 12.4. The first-order valence-corrected chi connectivity index (χ1v) is 14.3. The van der Waals surface area contributed by atoms with E-state index in [1.165, 1.54) is 6.07 Å². The maximum absolute atomic E-state index is 11.8. The lowest BCUT2D eigenvalue weighted by Gasteiger charge is -2.44. The maximum atomic E-state index is 11.8. The summed E-state index contributed by atoms with van der Waals surface area (Å²) in [5.41, 5.74) is 4.19. The van der Waals surface area contributed by atoms with Gasteiger partial charge in [0, 0.05) is 61.9 Å². The molecule has 0 aliphatic carbocycles. The van der Waals surface area contributed by atoms with Crippen molar-refractivity contribution in [2.75, 3.05) is 29.6 Å². The van der Waals surface area contributed by atoms with Gasteiger partial charge in [-0.1, -0.05) is 20.8 Å². The van der Waals surface area contributed by atoms with Gasteiger partial charge in [0.1, 0.15) is 0 Å². The molecule has 0 saturated carbocycles. The number of aromatic nitrogens is 6. The predicted molar refractivity (Wildman–Crippen MR) is 143 cm³/mol. The van der Waals surface area contributed by atoms with Gasteiger partial charge < -0.3 is 10.2 Å². The Labute approximate surface area is 217 Å². The van der Waals surface area contributed by atoms with E-state index < -0.39 is 9.84 Å². The van der Waals surface area contributed by atoms with Crippen LogP contribution in [0.15, 0.2) is 48.1 Å². The molecule has 1 aliphatic heterocycles. The predicted octanol–water partition coefficient (Wildman–Crippen LogP) is 3.95. The van der Waals surface area contributed by atoms with E-state index in [2.05, 4.69) is 55.3 Å². The van der Waals surface area contributed by atoms with Gasteiger partial charge in [-0.3, -0.25) is 4.40 Å². The number of sulfone groups is 1. The van der Waals surface area contributed by atoms with Crippen molar-refractivity contribution in [3.05, 3.63) is 60.1 Å². The zero-order chi connectivity index (χ0) is 26.4. The molecular weight excluding hydrogens is 488 g/mol. The number of pyridine rings is 1. The molecule has 194 valence electrons. The summed E-state index contributed by atoms with van der Waals surface area (Å²) in [6.45, 7) is 10.1. The number of aryl methyl sites for hydroxylation is 2. The van der Waals surface area contributed by atoms with Crippen LogP contribution in [0.25, 0.3) is 5.65 Å². The highest BCUT2D eigenvalue weighted by Gasteiger charge is 2.39. The van der Waals surface area contributed by atoms with Gasteiger partial charge in [-0.15, -0.1) is 0 Å². The molecule has 0 bridgehead atoms. The minimum absolute atomic E-state index is 0.0418. The van der Waals surface area contributed by atoms with E-state index in [-0.39, 0.29) is 16.4 Å². The Morgan fingerprint density at radius 2 is 1.86 bits per heavy atom. The molecule has 37 heavy (non-hydrogen) atoms. The van der Waals surface area contributed by atoms with Crippen molar-refractivity contribution in [3.8, 4) is 0 Å². The lowest BCUT2D eigenvalue weighted by molar-refractivity contribution is 0.236. The van der Waals surface area contributed by atoms with Crippen LogP contribution in [0.2, 0.25) is 0 Å². The van der Waals surface area contributed by atoms with Crippen LogP contribution in [-0.4, -0.2) is 57.1 Å². The summed E-state index contributed by atoms with van der Waals surface area (Å²) in [6, 6.07) is 3.21. The van der Waals surface area contributed by atoms with Gasteiger partial charge >= 0.3 is 0 Å². The maximum Gasteiger partial charge on any atom is 0.225 e. The van der Waals surface area contributed by atoms with Gasteiger partial charge in [-0.2, -0.15) is 0 Å². The third-order valence-electron chi connectivity index (χ3n) is 7.12. The van der Waals surface area contributed by atoms with E-state index >= 15 is 0 Å². The molecule has 1 fully saturated rings. The lowest BCUT2D eigenvalue weighted by Crippen LogP contribution is -2.45. The normalized spacial score (nSPS) is 17.8. The molecule has 1 aliphatic rings. The van der Waals surface area contributed by atoms with E-state index in [1.807, 2.05) is 24.8 Å². The van der Waals surface area contributed by atoms with Crippen LogP contribution in [0.5, 0.6) is 0 Å². The molecule has 1 N–H and O–H groups in total. The van der Waals surface area contributed by atoms with Gasteiger partial charge in [0.2, 0.25) is 5.95 Å². The van der Waals surface area contributed by atoms with Gasteiger partial charge in [0.25, 0.3) is 0 Å². The Bertz CT molecular complexity index is 1550. The highest BCUT2D eigenvalue weighted by atomic mass is 32.2. The molecule has 5 rings (SSSR count). The van der Waals surface area contributed by atoms with Crippen molar-refractivity contribution in [3.63, 3.8) is 0 Å². The third-order valence-corrected chi connectivity index (χ3v) is 8.11. The fraction of sp³-hybridized carbons (Fsp3) is 0.423. The van der Waals surface area contributed by atoms with Gasteiger partial charge in [-0.05, 0) is 42.9 Å². The Kier molecular flexibility index (Phi) is 6.35.